The minimum Gasteiger partial charge on any atom is -0.192 e. The highest BCUT2D eigenvalue weighted by Crippen LogP contribution is 2.27. The lowest BCUT2D eigenvalue weighted by molar-refractivity contribution is 1.15. The third kappa shape index (κ3) is 3.34. The van der Waals surface area contributed by atoms with Crippen molar-refractivity contribution in [2.45, 2.75) is 6.42 Å². The second-order valence-corrected chi connectivity index (χ2v) is 4.92. The molecule has 0 aliphatic heterocycles. The summed E-state index contributed by atoms with van der Waals surface area (Å²) in [6.45, 7) is 3.88. The Bertz CT molecular complexity index is 435. The Kier molecular flexibility index (Phi) is 4.85. The molecule has 0 bridgehead atoms. The van der Waals surface area contributed by atoms with Gasteiger partial charge in [0, 0.05) is 9.80 Å². The van der Waals surface area contributed by atoms with E-state index >= 15 is 0 Å². The van der Waals surface area contributed by atoms with Gasteiger partial charge in [-0.05, 0) is 40.0 Å². The van der Waals surface area contributed by atoms with Crippen molar-refractivity contribution < 1.29 is 0 Å². The van der Waals surface area contributed by atoms with Gasteiger partial charge in [-0.15, -0.1) is 0 Å². The van der Waals surface area contributed by atoms with Gasteiger partial charge in [0.2, 0.25) is 0 Å². The molecule has 0 aromatic heterocycles. The van der Waals surface area contributed by atoms with E-state index < -0.39 is 0 Å². The first-order valence-corrected chi connectivity index (χ1v) is 6.48. The average Bonchev–Trinajstić information content (AvgIpc) is 2.22. The Morgan fingerprint density at radius 2 is 2.20 bits per heavy atom. The van der Waals surface area contributed by atoms with Crippen molar-refractivity contribution in [1.29, 1.82) is 5.26 Å². The van der Waals surface area contributed by atoms with Crippen LogP contribution < -0.4 is 0 Å². The number of alkyl halides is 1. The molecule has 4 heteroatoms. The number of hydrogen-bond donors (Lipinski definition) is 0. The van der Waals surface area contributed by atoms with Gasteiger partial charge in [-0.3, -0.25) is 0 Å². The maximum atomic E-state index is 8.96. The number of benzene rings is 1. The second kappa shape index (κ2) is 5.69. The van der Waals surface area contributed by atoms with Crippen LogP contribution in [0.3, 0.4) is 0 Å². The largest absolute Gasteiger partial charge is 0.192 e. The summed E-state index contributed by atoms with van der Waals surface area (Å²) >= 11 is 12.6. The average molecular weight is 349 g/mol. The van der Waals surface area contributed by atoms with Crippen LogP contribution in [-0.2, 0) is 6.42 Å². The summed E-state index contributed by atoms with van der Waals surface area (Å²) in [6, 6.07) is 5.69. The lowest BCUT2D eigenvalue weighted by atomic mass is 10.0. The van der Waals surface area contributed by atoms with Gasteiger partial charge in [0.15, 0.2) is 0 Å². The monoisotopic (exact) mass is 347 g/mol. The van der Waals surface area contributed by atoms with Crippen molar-refractivity contribution in [3.63, 3.8) is 0 Å². The summed E-state index contributed by atoms with van der Waals surface area (Å²) in [4.78, 5) is 0. The zero-order chi connectivity index (χ0) is 11.4. The van der Waals surface area contributed by atoms with E-state index in [0.717, 1.165) is 20.9 Å². The van der Waals surface area contributed by atoms with Crippen molar-refractivity contribution in [2.75, 3.05) is 5.33 Å². The number of allylic oxidation sites excluding steroid dienone is 1. The van der Waals surface area contributed by atoms with Crippen LogP contribution in [0.5, 0.6) is 0 Å². The lowest BCUT2D eigenvalue weighted by Crippen LogP contribution is -1.94. The van der Waals surface area contributed by atoms with Crippen molar-refractivity contribution in [2.24, 2.45) is 0 Å². The molecule has 0 saturated heterocycles. The van der Waals surface area contributed by atoms with E-state index in [2.05, 4.69) is 44.5 Å². The zero-order valence-corrected chi connectivity index (χ0v) is 11.8. The minimum atomic E-state index is 0.617. The van der Waals surface area contributed by atoms with Gasteiger partial charge in [0.25, 0.3) is 0 Å². The molecule has 1 aromatic carbocycles. The van der Waals surface area contributed by atoms with E-state index in [9.17, 15) is 0 Å². The van der Waals surface area contributed by atoms with E-state index in [0.29, 0.717) is 17.0 Å². The summed E-state index contributed by atoms with van der Waals surface area (Å²) in [5, 5.41) is 10.3. The predicted octanol–water partition coefficient (Wildman–Crippen LogP) is 4.47. The van der Waals surface area contributed by atoms with Gasteiger partial charge in [0.1, 0.15) is 0 Å². The number of hydrogen-bond acceptors (Lipinski definition) is 1. The highest BCUT2D eigenvalue weighted by molar-refractivity contribution is 9.10. The minimum absolute atomic E-state index is 0.617. The maximum Gasteiger partial charge on any atom is 0.0995 e. The summed E-state index contributed by atoms with van der Waals surface area (Å²) in [5.41, 5.74) is 2.56. The van der Waals surface area contributed by atoms with Crippen LogP contribution in [0.25, 0.3) is 0 Å². The molecule has 78 valence electrons. The van der Waals surface area contributed by atoms with Crippen molar-refractivity contribution >= 4 is 43.5 Å². The summed E-state index contributed by atoms with van der Waals surface area (Å²) in [6.07, 6.45) is 0.668. The fraction of sp³-hybridized carbons (Fsp3) is 0.182. The topological polar surface area (TPSA) is 23.8 Å². The van der Waals surface area contributed by atoms with E-state index in [-0.39, 0.29) is 0 Å². The third-order valence-electron chi connectivity index (χ3n) is 1.90. The summed E-state index contributed by atoms with van der Waals surface area (Å²) in [5.74, 6) is 0. The molecule has 0 saturated carbocycles. The van der Waals surface area contributed by atoms with Crippen LogP contribution in [0, 0.1) is 11.3 Å². The van der Waals surface area contributed by atoms with Gasteiger partial charge >= 0.3 is 0 Å². The molecule has 0 N–H and O–H groups in total. The number of nitrogens with zero attached hydrogens (tertiary/aromatic N) is 1. The van der Waals surface area contributed by atoms with Gasteiger partial charge in [0.05, 0.1) is 16.7 Å². The van der Waals surface area contributed by atoms with Crippen LogP contribution in [0.15, 0.2) is 28.8 Å². The summed E-state index contributed by atoms with van der Waals surface area (Å²) < 4.78 is 0.744. The molecule has 0 atom stereocenters. The maximum absolute atomic E-state index is 8.96. The van der Waals surface area contributed by atoms with E-state index in [1.165, 1.54) is 0 Å². The summed E-state index contributed by atoms with van der Waals surface area (Å²) in [7, 11) is 0. The van der Waals surface area contributed by atoms with E-state index in [1.807, 2.05) is 0 Å². The third-order valence-corrected chi connectivity index (χ3v) is 3.89. The molecule has 0 amide bonds. The molecule has 1 nitrogen and oxygen atoms in total. The van der Waals surface area contributed by atoms with Crippen LogP contribution in [0.4, 0.5) is 0 Å². The van der Waals surface area contributed by atoms with E-state index in [4.69, 9.17) is 16.9 Å². The normalized spacial score (nSPS) is 9.73. The zero-order valence-electron chi connectivity index (χ0n) is 7.86. The smallest absolute Gasteiger partial charge is 0.0995 e. The highest BCUT2D eigenvalue weighted by Gasteiger charge is 2.07. The Balaban J connectivity index is 3.12. The fourth-order valence-corrected chi connectivity index (χ4v) is 1.88. The molecule has 0 aliphatic carbocycles. The van der Waals surface area contributed by atoms with Gasteiger partial charge in [-0.25, -0.2) is 0 Å². The van der Waals surface area contributed by atoms with E-state index in [1.54, 1.807) is 12.1 Å². The van der Waals surface area contributed by atoms with Crippen LogP contribution in [0.1, 0.15) is 11.1 Å². The SMILES string of the molecule is C=C(CBr)Cc1cc(Cl)c(Br)cc1C#N. The van der Waals surface area contributed by atoms with Gasteiger partial charge in [-0.1, -0.05) is 39.7 Å². The van der Waals surface area contributed by atoms with Crippen LogP contribution in [0.2, 0.25) is 5.02 Å². The molecular weight excluding hydrogens is 341 g/mol. The molecule has 0 heterocycles. The molecule has 0 unspecified atom stereocenters. The fourth-order valence-electron chi connectivity index (χ4n) is 1.15. The quantitative estimate of drug-likeness (QED) is 0.583. The first kappa shape index (κ1) is 12.8. The van der Waals surface area contributed by atoms with Crippen molar-refractivity contribution in [1.82, 2.24) is 0 Å². The molecule has 0 aliphatic rings. The first-order chi connectivity index (χ1) is 7.08. The van der Waals surface area contributed by atoms with Crippen LogP contribution in [-0.4, -0.2) is 5.33 Å². The number of nitriles is 1. The Hall–Kier alpha value is -0.300. The van der Waals surface area contributed by atoms with Gasteiger partial charge < -0.3 is 0 Å². The Morgan fingerprint density at radius 1 is 1.53 bits per heavy atom. The second-order valence-electron chi connectivity index (χ2n) is 3.10. The standard InChI is InChI=1S/C11H8Br2ClN/c1-7(5-12)2-8-4-11(14)10(13)3-9(8)6-15/h3-4H,1-2,5H2. The highest BCUT2D eigenvalue weighted by atomic mass is 79.9. The number of rotatable bonds is 3. The Labute approximate surface area is 111 Å². The molecule has 0 fully saturated rings. The lowest BCUT2D eigenvalue weighted by Gasteiger charge is -2.06. The van der Waals surface area contributed by atoms with Crippen molar-refractivity contribution in [3.05, 3.63) is 44.9 Å². The predicted molar refractivity (Wildman–Crippen MR) is 70.5 cm³/mol. The van der Waals surface area contributed by atoms with Gasteiger partial charge in [-0.2, -0.15) is 5.26 Å². The molecule has 0 spiro atoms. The molecule has 1 aromatic rings. The molecule has 1 rings (SSSR count). The first-order valence-electron chi connectivity index (χ1n) is 4.19. The number of halogens is 3. The molecule has 15 heavy (non-hydrogen) atoms. The molecule has 0 radical (unpaired) electrons. The van der Waals surface area contributed by atoms with Crippen molar-refractivity contribution in [3.8, 4) is 6.07 Å². The Morgan fingerprint density at radius 3 is 2.73 bits per heavy atom. The van der Waals surface area contributed by atoms with Crippen LogP contribution >= 0.6 is 43.5 Å². The molecular formula is C11H8Br2ClN.